The van der Waals surface area contributed by atoms with Crippen LogP contribution in [0.2, 0.25) is 0 Å². The van der Waals surface area contributed by atoms with Gasteiger partial charge in [-0.15, -0.1) is 11.3 Å². The zero-order valence-corrected chi connectivity index (χ0v) is 17.5. The van der Waals surface area contributed by atoms with E-state index in [1.165, 1.54) is 0 Å². The third-order valence-corrected chi connectivity index (χ3v) is 5.46. The highest BCUT2D eigenvalue weighted by molar-refractivity contribution is 7.10. The van der Waals surface area contributed by atoms with Crippen molar-refractivity contribution >= 4 is 39.6 Å². The van der Waals surface area contributed by atoms with Crippen molar-refractivity contribution in [2.24, 2.45) is 0 Å². The maximum absolute atomic E-state index is 12.4. The minimum Gasteiger partial charge on any atom is -0.347 e. The Hall–Kier alpha value is -3.88. The van der Waals surface area contributed by atoms with Gasteiger partial charge in [0.2, 0.25) is 11.8 Å². The molecule has 0 saturated heterocycles. The van der Waals surface area contributed by atoms with Crippen LogP contribution < -0.4 is 10.6 Å². The number of amides is 2. The second-order valence-corrected chi connectivity index (χ2v) is 7.90. The predicted molar refractivity (Wildman–Crippen MR) is 126 cm³/mol. The van der Waals surface area contributed by atoms with E-state index < -0.39 is 0 Å². The minimum atomic E-state index is -0.283. The van der Waals surface area contributed by atoms with Crippen molar-refractivity contribution in [3.63, 3.8) is 0 Å². The first-order valence-electron chi connectivity index (χ1n) is 9.86. The lowest BCUT2D eigenvalue weighted by molar-refractivity contribution is -0.123. The Morgan fingerprint density at radius 1 is 0.839 bits per heavy atom. The molecule has 0 atom stereocenters. The van der Waals surface area contributed by atoms with Gasteiger partial charge in [0.05, 0.1) is 17.8 Å². The van der Waals surface area contributed by atoms with Gasteiger partial charge in [-0.3, -0.25) is 9.59 Å². The van der Waals surface area contributed by atoms with E-state index in [9.17, 15) is 9.59 Å². The van der Waals surface area contributed by atoms with Crippen molar-refractivity contribution in [1.29, 1.82) is 0 Å². The Kier molecular flexibility index (Phi) is 6.41. The highest BCUT2D eigenvalue weighted by Gasteiger charge is 2.09. The standard InChI is InChI=1S/C26H20N2O2S/c29-25(17-21-9-4-8-20-7-1-2-12-24(20)21)27-18-26(30)28-22-10-3-6-19(16-22)13-14-23-11-5-15-31-23/h1-12,15-16H,17-18H2,(H,27,29)(H,28,30). The van der Waals surface area contributed by atoms with Crippen LogP contribution in [0.15, 0.2) is 84.2 Å². The van der Waals surface area contributed by atoms with E-state index in [-0.39, 0.29) is 24.8 Å². The quantitative estimate of drug-likeness (QED) is 0.460. The third kappa shape index (κ3) is 5.59. The Bertz CT molecular complexity index is 1280. The molecule has 0 aliphatic heterocycles. The molecule has 2 amide bonds. The molecule has 5 heteroatoms. The van der Waals surface area contributed by atoms with Gasteiger partial charge in [-0.05, 0) is 46.0 Å². The van der Waals surface area contributed by atoms with Crippen LogP contribution in [0.25, 0.3) is 10.8 Å². The van der Waals surface area contributed by atoms with E-state index in [0.29, 0.717) is 5.69 Å². The lowest BCUT2D eigenvalue weighted by atomic mass is 10.0. The molecule has 31 heavy (non-hydrogen) atoms. The van der Waals surface area contributed by atoms with Crippen molar-refractivity contribution in [3.05, 3.63) is 100 Å². The van der Waals surface area contributed by atoms with Crippen LogP contribution in [-0.2, 0) is 16.0 Å². The lowest BCUT2D eigenvalue weighted by Gasteiger charge is -2.09. The van der Waals surface area contributed by atoms with Crippen LogP contribution in [0.3, 0.4) is 0 Å². The average Bonchev–Trinajstić information content (AvgIpc) is 3.31. The van der Waals surface area contributed by atoms with E-state index in [4.69, 9.17) is 0 Å². The maximum Gasteiger partial charge on any atom is 0.243 e. The zero-order chi connectivity index (χ0) is 21.5. The number of benzene rings is 3. The van der Waals surface area contributed by atoms with Crippen LogP contribution >= 0.6 is 11.3 Å². The first-order valence-corrected chi connectivity index (χ1v) is 10.7. The normalized spacial score (nSPS) is 10.2. The monoisotopic (exact) mass is 424 g/mol. The molecule has 0 radical (unpaired) electrons. The molecule has 0 spiro atoms. The van der Waals surface area contributed by atoms with Crippen LogP contribution in [0, 0.1) is 11.8 Å². The molecule has 0 unspecified atom stereocenters. The van der Waals surface area contributed by atoms with Gasteiger partial charge < -0.3 is 10.6 Å². The SMILES string of the molecule is O=C(Cc1cccc2ccccc12)NCC(=O)Nc1cccc(C#Cc2cccs2)c1. The van der Waals surface area contributed by atoms with Gasteiger partial charge in [0.25, 0.3) is 0 Å². The van der Waals surface area contributed by atoms with Crippen molar-refractivity contribution < 1.29 is 9.59 Å². The van der Waals surface area contributed by atoms with E-state index in [1.54, 1.807) is 17.4 Å². The number of nitrogens with one attached hydrogen (secondary N) is 2. The molecule has 0 fully saturated rings. The summed E-state index contributed by atoms with van der Waals surface area (Å²) in [5.41, 5.74) is 2.39. The molecule has 0 saturated carbocycles. The maximum atomic E-state index is 12.4. The van der Waals surface area contributed by atoms with Gasteiger partial charge in [0.15, 0.2) is 0 Å². The van der Waals surface area contributed by atoms with Gasteiger partial charge in [0, 0.05) is 11.3 Å². The number of hydrogen-bond acceptors (Lipinski definition) is 3. The summed E-state index contributed by atoms with van der Waals surface area (Å²) in [5, 5.41) is 9.62. The molecular weight excluding hydrogens is 404 g/mol. The highest BCUT2D eigenvalue weighted by Crippen LogP contribution is 2.18. The van der Waals surface area contributed by atoms with E-state index in [1.807, 2.05) is 78.2 Å². The number of fused-ring (bicyclic) bond motifs is 1. The summed E-state index contributed by atoms with van der Waals surface area (Å²) in [5.74, 6) is 5.71. The molecule has 3 aromatic carbocycles. The summed E-state index contributed by atoms with van der Waals surface area (Å²) < 4.78 is 0. The van der Waals surface area contributed by atoms with E-state index in [0.717, 1.165) is 26.8 Å². The second-order valence-electron chi connectivity index (χ2n) is 6.95. The first-order chi connectivity index (χ1) is 15.2. The van der Waals surface area contributed by atoms with Crippen LogP contribution in [0.1, 0.15) is 16.0 Å². The summed E-state index contributed by atoms with van der Waals surface area (Å²) in [4.78, 5) is 25.6. The molecule has 0 aliphatic carbocycles. The van der Waals surface area contributed by atoms with Gasteiger partial charge in [-0.2, -0.15) is 0 Å². The van der Waals surface area contributed by atoms with Crippen molar-refractivity contribution in [1.82, 2.24) is 5.32 Å². The Morgan fingerprint density at radius 2 is 1.68 bits per heavy atom. The van der Waals surface area contributed by atoms with E-state index >= 15 is 0 Å². The smallest absolute Gasteiger partial charge is 0.243 e. The van der Waals surface area contributed by atoms with Gasteiger partial charge >= 0.3 is 0 Å². The molecule has 4 nitrogen and oxygen atoms in total. The van der Waals surface area contributed by atoms with E-state index in [2.05, 4.69) is 22.5 Å². The molecule has 1 heterocycles. The first kappa shape index (κ1) is 20.4. The number of thiophene rings is 1. The number of carbonyl (C=O) groups excluding carboxylic acids is 2. The van der Waals surface area contributed by atoms with Crippen molar-refractivity contribution in [3.8, 4) is 11.8 Å². The number of hydrogen-bond donors (Lipinski definition) is 2. The largest absolute Gasteiger partial charge is 0.347 e. The molecule has 4 rings (SSSR count). The zero-order valence-electron chi connectivity index (χ0n) is 16.7. The van der Waals surface area contributed by atoms with Crippen molar-refractivity contribution in [2.75, 3.05) is 11.9 Å². The molecule has 152 valence electrons. The molecule has 1 aromatic heterocycles. The Morgan fingerprint density at radius 3 is 2.55 bits per heavy atom. The fourth-order valence-corrected chi connectivity index (χ4v) is 3.80. The fraction of sp³-hybridized carbons (Fsp3) is 0.0769. The number of rotatable bonds is 5. The Balaban J connectivity index is 1.32. The molecule has 2 N–H and O–H groups in total. The number of carbonyl (C=O) groups is 2. The highest BCUT2D eigenvalue weighted by atomic mass is 32.1. The topological polar surface area (TPSA) is 58.2 Å². The van der Waals surface area contributed by atoms with Gasteiger partial charge in [-0.1, -0.05) is 66.4 Å². The van der Waals surface area contributed by atoms with Crippen LogP contribution in [0.4, 0.5) is 5.69 Å². The lowest BCUT2D eigenvalue weighted by Crippen LogP contribution is -2.33. The molecule has 0 aliphatic rings. The summed E-state index contributed by atoms with van der Waals surface area (Å²) >= 11 is 1.58. The summed E-state index contributed by atoms with van der Waals surface area (Å²) in [7, 11) is 0. The molecular formula is C26H20N2O2S. The molecule has 4 aromatic rings. The third-order valence-electron chi connectivity index (χ3n) is 4.67. The summed E-state index contributed by atoms with van der Waals surface area (Å²) in [6.07, 6.45) is 0.225. The van der Waals surface area contributed by atoms with Crippen LogP contribution in [-0.4, -0.2) is 18.4 Å². The summed E-state index contributed by atoms with van der Waals surface area (Å²) in [6.45, 7) is -0.0886. The second kappa shape index (κ2) is 9.75. The van der Waals surface area contributed by atoms with Crippen molar-refractivity contribution in [2.45, 2.75) is 6.42 Å². The average molecular weight is 425 g/mol. The number of anilines is 1. The predicted octanol–water partition coefficient (Wildman–Crippen LogP) is 4.60. The molecule has 0 bridgehead atoms. The van der Waals surface area contributed by atoms with Gasteiger partial charge in [0.1, 0.15) is 0 Å². The Labute approximate surface area is 184 Å². The fourth-order valence-electron chi connectivity index (χ4n) is 3.22. The minimum absolute atomic E-state index is 0.0886. The van der Waals surface area contributed by atoms with Crippen LogP contribution in [0.5, 0.6) is 0 Å². The summed E-state index contributed by atoms with van der Waals surface area (Å²) in [6, 6.07) is 25.1. The van der Waals surface area contributed by atoms with Gasteiger partial charge in [-0.25, -0.2) is 0 Å².